The summed E-state index contributed by atoms with van der Waals surface area (Å²) in [6, 6.07) is 15.8. The molecular formula is C22H26N2O3. The van der Waals surface area contributed by atoms with Gasteiger partial charge in [-0.1, -0.05) is 42.0 Å². The molecule has 1 aliphatic heterocycles. The lowest BCUT2D eigenvalue weighted by atomic mass is 10.1. The van der Waals surface area contributed by atoms with Gasteiger partial charge in [0.1, 0.15) is 5.75 Å². The second kappa shape index (κ2) is 8.25. The minimum absolute atomic E-state index is 0.0191. The van der Waals surface area contributed by atoms with Crippen molar-refractivity contribution in [1.82, 2.24) is 9.80 Å². The van der Waals surface area contributed by atoms with Crippen molar-refractivity contribution in [2.24, 2.45) is 5.92 Å². The van der Waals surface area contributed by atoms with Crippen molar-refractivity contribution in [2.45, 2.75) is 26.4 Å². The lowest BCUT2D eigenvalue weighted by Crippen LogP contribution is -2.34. The molecule has 5 nitrogen and oxygen atoms in total. The monoisotopic (exact) mass is 366 g/mol. The second-order valence-corrected chi connectivity index (χ2v) is 7.20. The van der Waals surface area contributed by atoms with Gasteiger partial charge in [0.15, 0.2) is 0 Å². The van der Waals surface area contributed by atoms with E-state index in [1.807, 2.05) is 55.5 Å². The average molecular weight is 366 g/mol. The highest BCUT2D eigenvalue weighted by molar-refractivity contribution is 5.89. The lowest BCUT2D eigenvalue weighted by Gasteiger charge is -2.22. The number of nitrogens with zero attached hydrogens (tertiary/aromatic N) is 2. The zero-order valence-corrected chi connectivity index (χ0v) is 16.1. The Morgan fingerprint density at radius 3 is 2.37 bits per heavy atom. The van der Waals surface area contributed by atoms with Crippen LogP contribution in [0.2, 0.25) is 0 Å². The molecule has 0 spiro atoms. The number of hydrogen-bond acceptors (Lipinski definition) is 3. The smallest absolute Gasteiger partial charge is 0.228 e. The SMILES string of the molecule is COc1ccc(CN(C)C(=O)C2CC(=O)N(Cc3ccc(C)cc3)C2)cc1. The standard InChI is InChI=1S/C22H26N2O3/c1-16-4-6-18(7-5-16)14-24-15-19(12-21(24)25)22(26)23(2)13-17-8-10-20(27-3)11-9-17/h4-11,19H,12-15H2,1-3H3. The Morgan fingerprint density at radius 1 is 1.11 bits per heavy atom. The van der Waals surface area contributed by atoms with Crippen LogP contribution in [0.1, 0.15) is 23.1 Å². The Balaban J connectivity index is 1.57. The summed E-state index contributed by atoms with van der Waals surface area (Å²) in [5.41, 5.74) is 3.32. The van der Waals surface area contributed by atoms with Crippen LogP contribution in [0.4, 0.5) is 0 Å². The van der Waals surface area contributed by atoms with E-state index in [0.717, 1.165) is 16.9 Å². The lowest BCUT2D eigenvalue weighted by molar-refractivity contribution is -0.135. The topological polar surface area (TPSA) is 49.9 Å². The fraction of sp³-hybridized carbons (Fsp3) is 0.364. The molecule has 142 valence electrons. The summed E-state index contributed by atoms with van der Waals surface area (Å²) in [7, 11) is 3.42. The van der Waals surface area contributed by atoms with Gasteiger partial charge in [-0.25, -0.2) is 0 Å². The first-order chi connectivity index (χ1) is 13.0. The molecule has 1 atom stereocenters. The first-order valence-electron chi connectivity index (χ1n) is 9.17. The predicted octanol–water partition coefficient (Wildman–Crippen LogP) is 3.01. The number of likely N-dealkylation sites (tertiary alicyclic amines) is 1. The Kier molecular flexibility index (Phi) is 5.79. The highest BCUT2D eigenvalue weighted by Gasteiger charge is 2.35. The van der Waals surface area contributed by atoms with Gasteiger partial charge in [-0.15, -0.1) is 0 Å². The Labute approximate surface area is 160 Å². The number of rotatable bonds is 6. The largest absolute Gasteiger partial charge is 0.497 e. The van der Waals surface area contributed by atoms with Crippen molar-refractivity contribution < 1.29 is 14.3 Å². The molecule has 0 N–H and O–H groups in total. The van der Waals surface area contributed by atoms with Gasteiger partial charge in [0.05, 0.1) is 13.0 Å². The predicted molar refractivity (Wildman–Crippen MR) is 104 cm³/mol. The fourth-order valence-electron chi connectivity index (χ4n) is 3.40. The zero-order valence-electron chi connectivity index (χ0n) is 16.1. The molecule has 0 saturated carbocycles. The molecule has 1 heterocycles. The van der Waals surface area contributed by atoms with Gasteiger partial charge in [-0.05, 0) is 30.2 Å². The van der Waals surface area contributed by atoms with Crippen molar-refractivity contribution in [3.8, 4) is 5.75 Å². The Bertz CT molecular complexity index is 799. The summed E-state index contributed by atoms with van der Waals surface area (Å²) in [6.45, 7) is 3.60. The molecule has 27 heavy (non-hydrogen) atoms. The van der Waals surface area contributed by atoms with E-state index in [2.05, 4.69) is 0 Å². The molecule has 0 aromatic heterocycles. The van der Waals surface area contributed by atoms with Crippen LogP contribution in [0.15, 0.2) is 48.5 Å². The summed E-state index contributed by atoms with van der Waals surface area (Å²) in [6.07, 6.45) is 0.289. The number of carbonyl (C=O) groups is 2. The quantitative estimate of drug-likeness (QED) is 0.790. The third-order valence-electron chi connectivity index (χ3n) is 5.01. The number of amides is 2. The molecular weight excluding hydrogens is 340 g/mol. The maximum atomic E-state index is 12.8. The van der Waals surface area contributed by atoms with E-state index in [4.69, 9.17) is 4.74 Å². The normalized spacial score (nSPS) is 16.5. The van der Waals surface area contributed by atoms with Gasteiger partial charge < -0.3 is 14.5 Å². The van der Waals surface area contributed by atoms with Crippen LogP contribution < -0.4 is 4.74 Å². The summed E-state index contributed by atoms with van der Waals surface area (Å²) < 4.78 is 5.16. The summed E-state index contributed by atoms with van der Waals surface area (Å²) >= 11 is 0. The van der Waals surface area contributed by atoms with Crippen molar-refractivity contribution in [1.29, 1.82) is 0 Å². The Morgan fingerprint density at radius 2 is 1.74 bits per heavy atom. The van der Waals surface area contributed by atoms with E-state index in [0.29, 0.717) is 19.6 Å². The molecule has 2 amide bonds. The summed E-state index contributed by atoms with van der Waals surface area (Å²) in [5, 5.41) is 0. The van der Waals surface area contributed by atoms with Gasteiger partial charge in [0, 0.05) is 33.1 Å². The number of methoxy groups -OCH3 is 1. The van der Waals surface area contributed by atoms with Gasteiger partial charge in [-0.2, -0.15) is 0 Å². The van der Waals surface area contributed by atoms with Crippen LogP contribution >= 0.6 is 0 Å². The van der Waals surface area contributed by atoms with Crippen molar-refractivity contribution in [3.05, 3.63) is 65.2 Å². The van der Waals surface area contributed by atoms with E-state index in [1.165, 1.54) is 5.56 Å². The maximum Gasteiger partial charge on any atom is 0.228 e. The molecule has 1 fully saturated rings. The minimum atomic E-state index is -0.272. The first-order valence-corrected chi connectivity index (χ1v) is 9.17. The van der Waals surface area contributed by atoms with E-state index in [9.17, 15) is 9.59 Å². The van der Waals surface area contributed by atoms with E-state index >= 15 is 0 Å². The van der Waals surface area contributed by atoms with Crippen LogP contribution in [0.3, 0.4) is 0 Å². The Hall–Kier alpha value is -2.82. The number of aryl methyl sites for hydroxylation is 1. The molecule has 0 bridgehead atoms. The van der Waals surface area contributed by atoms with Crippen molar-refractivity contribution in [3.63, 3.8) is 0 Å². The number of carbonyl (C=O) groups excluding carboxylic acids is 2. The summed E-state index contributed by atoms with van der Waals surface area (Å²) in [5.74, 6) is 0.587. The molecule has 2 aromatic rings. The van der Waals surface area contributed by atoms with E-state index < -0.39 is 0 Å². The molecule has 1 saturated heterocycles. The zero-order chi connectivity index (χ0) is 19.4. The van der Waals surface area contributed by atoms with Crippen LogP contribution in [-0.4, -0.2) is 42.3 Å². The van der Waals surface area contributed by atoms with Crippen LogP contribution in [0.5, 0.6) is 5.75 Å². The fourth-order valence-corrected chi connectivity index (χ4v) is 3.40. The van der Waals surface area contributed by atoms with Gasteiger partial charge >= 0.3 is 0 Å². The number of hydrogen-bond donors (Lipinski definition) is 0. The third kappa shape index (κ3) is 4.67. The summed E-state index contributed by atoms with van der Waals surface area (Å²) in [4.78, 5) is 28.6. The number of benzene rings is 2. The minimum Gasteiger partial charge on any atom is -0.497 e. The van der Waals surface area contributed by atoms with Crippen molar-refractivity contribution >= 4 is 11.8 Å². The van der Waals surface area contributed by atoms with E-state index in [-0.39, 0.29) is 24.2 Å². The third-order valence-corrected chi connectivity index (χ3v) is 5.01. The number of ether oxygens (including phenoxy) is 1. The molecule has 5 heteroatoms. The average Bonchev–Trinajstić information content (AvgIpc) is 3.04. The molecule has 0 aliphatic carbocycles. The molecule has 1 unspecified atom stereocenters. The molecule has 2 aromatic carbocycles. The van der Waals surface area contributed by atoms with Crippen LogP contribution in [0.25, 0.3) is 0 Å². The van der Waals surface area contributed by atoms with E-state index in [1.54, 1.807) is 24.0 Å². The van der Waals surface area contributed by atoms with Crippen molar-refractivity contribution in [2.75, 3.05) is 20.7 Å². The first kappa shape index (κ1) is 19.0. The van der Waals surface area contributed by atoms with Crippen LogP contribution in [0, 0.1) is 12.8 Å². The maximum absolute atomic E-state index is 12.8. The van der Waals surface area contributed by atoms with Gasteiger partial charge in [0.2, 0.25) is 11.8 Å². The van der Waals surface area contributed by atoms with Gasteiger partial charge in [0.25, 0.3) is 0 Å². The van der Waals surface area contributed by atoms with Gasteiger partial charge in [-0.3, -0.25) is 9.59 Å². The van der Waals surface area contributed by atoms with Crippen LogP contribution in [-0.2, 0) is 22.7 Å². The molecule has 1 aliphatic rings. The highest BCUT2D eigenvalue weighted by atomic mass is 16.5. The molecule has 3 rings (SSSR count). The second-order valence-electron chi connectivity index (χ2n) is 7.20. The highest BCUT2D eigenvalue weighted by Crippen LogP contribution is 2.23. The molecule has 0 radical (unpaired) electrons.